The molecule has 0 bridgehead atoms. The predicted molar refractivity (Wildman–Crippen MR) is 140 cm³/mol. The van der Waals surface area contributed by atoms with Gasteiger partial charge in [0.1, 0.15) is 18.1 Å². The molecule has 0 radical (unpaired) electrons. The Labute approximate surface area is 214 Å². The first-order valence-electron chi connectivity index (χ1n) is 12.0. The van der Waals surface area contributed by atoms with Crippen LogP contribution in [0.5, 0.6) is 23.0 Å². The van der Waals surface area contributed by atoms with Crippen molar-refractivity contribution in [2.24, 2.45) is 0 Å². The number of ether oxygens (including phenoxy) is 3. The van der Waals surface area contributed by atoms with Crippen molar-refractivity contribution in [1.29, 1.82) is 0 Å². The number of methoxy groups -OCH3 is 1. The smallest absolute Gasteiger partial charge is 0.266 e. The third-order valence-electron chi connectivity index (χ3n) is 6.42. The van der Waals surface area contributed by atoms with Gasteiger partial charge < -0.3 is 14.2 Å². The maximum absolute atomic E-state index is 13.3. The van der Waals surface area contributed by atoms with Gasteiger partial charge in [0.25, 0.3) is 11.8 Å². The minimum atomic E-state index is -0.400. The van der Waals surface area contributed by atoms with Gasteiger partial charge in [0.2, 0.25) is 0 Å². The zero-order valence-electron chi connectivity index (χ0n) is 20.4. The number of anilines is 1. The third-order valence-corrected chi connectivity index (χ3v) is 7.20. The first-order valence-corrected chi connectivity index (χ1v) is 13.2. The van der Waals surface area contributed by atoms with E-state index in [1.54, 1.807) is 55.3 Å². The van der Waals surface area contributed by atoms with Crippen molar-refractivity contribution in [2.75, 3.05) is 44.5 Å². The second-order valence-electron chi connectivity index (χ2n) is 8.64. The maximum Gasteiger partial charge on any atom is 0.266 e. The lowest BCUT2D eigenvalue weighted by molar-refractivity contribution is 0.0926. The average Bonchev–Trinajstić information content (AvgIpc) is 3.51. The van der Waals surface area contributed by atoms with Gasteiger partial charge in [0, 0.05) is 17.5 Å². The number of hydrogen-bond donors (Lipinski definition) is 0. The van der Waals surface area contributed by atoms with Crippen LogP contribution in [0.3, 0.4) is 0 Å². The third kappa shape index (κ3) is 4.79. The van der Waals surface area contributed by atoms with Crippen LogP contribution >= 0.6 is 11.8 Å². The van der Waals surface area contributed by atoms with Gasteiger partial charge in [-0.25, -0.2) is 4.90 Å². The van der Waals surface area contributed by atoms with E-state index < -0.39 is 5.91 Å². The number of fused-ring (bicyclic) bond motifs is 1. The van der Waals surface area contributed by atoms with E-state index in [0.717, 1.165) is 24.5 Å². The quantitative estimate of drug-likeness (QED) is 0.282. The maximum atomic E-state index is 13.3. The van der Waals surface area contributed by atoms with Crippen molar-refractivity contribution in [2.45, 2.75) is 17.7 Å². The molecule has 2 heterocycles. The lowest BCUT2D eigenvalue weighted by atomic mass is 10.1. The van der Waals surface area contributed by atoms with Crippen LogP contribution < -0.4 is 19.1 Å². The summed E-state index contributed by atoms with van der Waals surface area (Å²) in [5, 5.41) is 0. The van der Waals surface area contributed by atoms with Crippen molar-refractivity contribution in [3.63, 3.8) is 0 Å². The van der Waals surface area contributed by atoms with E-state index in [0.29, 0.717) is 46.4 Å². The number of hydrogen-bond acceptors (Lipinski definition) is 7. The van der Waals surface area contributed by atoms with Crippen LogP contribution in [0, 0.1) is 0 Å². The highest BCUT2D eigenvalue weighted by molar-refractivity contribution is 7.98. The van der Waals surface area contributed by atoms with E-state index in [4.69, 9.17) is 14.2 Å². The van der Waals surface area contributed by atoms with Gasteiger partial charge in [-0.1, -0.05) is 12.1 Å². The standard InChI is InChI=1S/C28H28N2O5S/c1-33-25-17-19(9-12-23(25)34-16-15-29-13-5-6-14-29)30-27(31)21-11-10-20(18-22(21)28(30)32)35-24-7-3-4-8-26(24)36-2/h3-4,7-12,17-18H,5-6,13-16H2,1-2H3. The largest absolute Gasteiger partial charge is 0.493 e. The van der Waals surface area contributed by atoms with Crippen molar-refractivity contribution in [3.05, 3.63) is 71.8 Å². The zero-order valence-corrected chi connectivity index (χ0v) is 21.2. The van der Waals surface area contributed by atoms with E-state index in [-0.39, 0.29) is 5.91 Å². The molecular formula is C28H28N2O5S. The summed E-state index contributed by atoms with van der Waals surface area (Å²) in [4.78, 5) is 31.0. The van der Waals surface area contributed by atoms with Crippen LogP contribution in [-0.4, -0.2) is 56.3 Å². The first kappa shape index (κ1) is 24.2. The highest BCUT2D eigenvalue weighted by Gasteiger charge is 2.37. The molecule has 0 N–H and O–H groups in total. The molecule has 8 heteroatoms. The normalized spacial score (nSPS) is 15.3. The number of rotatable bonds is 9. The fraction of sp³-hybridized carbons (Fsp3) is 0.286. The van der Waals surface area contributed by atoms with Crippen LogP contribution in [0.2, 0.25) is 0 Å². The van der Waals surface area contributed by atoms with Crippen molar-refractivity contribution in [1.82, 2.24) is 4.90 Å². The van der Waals surface area contributed by atoms with Gasteiger partial charge in [-0.2, -0.15) is 0 Å². The molecule has 1 fully saturated rings. The Hall–Kier alpha value is -3.49. The second kappa shape index (κ2) is 10.6. The molecule has 0 spiro atoms. The topological polar surface area (TPSA) is 68.3 Å². The molecule has 2 amide bonds. The molecule has 0 saturated carbocycles. The number of nitrogens with zero attached hydrogens (tertiary/aromatic N) is 2. The SMILES string of the molecule is COc1cc(N2C(=O)c3ccc(Oc4ccccc4SC)cc3C2=O)ccc1OCCN1CCCC1. The van der Waals surface area contributed by atoms with Gasteiger partial charge in [-0.3, -0.25) is 14.5 Å². The molecule has 0 atom stereocenters. The van der Waals surface area contributed by atoms with Gasteiger partial charge >= 0.3 is 0 Å². The minimum absolute atomic E-state index is 0.309. The number of carbonyl (C=O) groups is 2. The zero-order chi connectivity index (χ0) is 25.1. The van der Waals surface area contributed by atoms with Crippen molar-refractivity contribution in [3.8, 4) is 23.0 Å². The minimum Gasteiger partial charge on any atom is -0.493 e. The average molecular weight is 505 g/mol. The predicted octanol–water partition coefficient (Wildman–Crippen LogP) is 5.48. The number of likely N-dealkylation sites (tertiary alicyclic amines) is 1. The summed E-state index contributed by atoms with van der Waals surface area (Å²) < 4.78 is 17.5. The van der Waals surface area contributed by atoms with Crippen molar-refractivity contribution < 1.29 is 23.8 Å². The van der Waals surface area contributed by atoms with Crippen LogP contribution in [-0.2, 0) is 0 Å². The Morgan fingerprint density at radius 2 is 1.64 bits per heavy atom. The van der Waals surface area contributed by atoms with E-state index in [2.05, 4.69) is 4.90 Å². The van der Waals surface area contributed by atoms with Crippen LogP contribution in [0.1, 0.15) is 33.6 Å². The van der Waals surface area contributed by atoms with Gasteiger partial charge in [0.05, 0.1) is 23.9 Å². The summed E-state index contributed by atoms with van der Waals surface area (Å²) >= 11 is 1.58. The Morgan fingerprint density at radius 1 is 0.861 bits per heavy atom. The number of benzene rings is 3. The molecule has 0 aromatic heterocycles. The molecule has 5 rings (SSSR count). The van der Waals surface area contributed by atoms with Gasteiger partial charge in [-0.15, -0.1) is 11.8 Å². The van der Waals surface area contributed by atoms with E-state index in [1.807, 2.05) is 30.5 Å². The summed E-state index contributed by atoms with van der Waals surface area (Å²) in [7, 11) is 1.55. The fourth-order valence-corrected chi connectivity index (χ4v) is 5.08. The molecular weight excluding hydrogens is 476 g/mol. The Balaban J connectivity index is 1.34. The number of imide groups is 1. The van der Waals surface area contributed by atoms with Crippen LogP contribution in [0.15, 0.2) is 65.6 Å². The Bertz CT molecular complexity index is 1290. The molecule has 0 unspecified atom stereocenters. The van der Waals surface area contributed by atoms with Crippen LogP contribution in [0.4, 0.5) is 5.69 Å². The summed E-state index contributed by atoms with van der Waals surface area (Å²) in [5.41, 5.74) is 1.08. The molecule has 3 aromatic carbocycles. The number of para-hydroxylation sites is 1. The lowest BCUT2D eigenvalue weighted by Crippen LogP contribution is -2.29. The van der Waals surface area contributed by atoms with Gasteiger partial charge in [-0.05, 0) is 74.7 Å². The summed E-state index contributed by atoms with van der Waals surface area (Å²) in [5.74, 6) is 1.48. The number of thioether (sulfide) groups is 1. The second-order valence-corrected chi connectivity index (χ2v) is 9.49. The number of amides is 2. The Kier molecular flexibility index (Phi) is 7.16. The molecule has 36 heavy (non-hydrogen) atoms. The molecule has 2 aliphatic rings. The van der Waals surface area contributed by atoms with E-state index in [9.17, 15) is 9.59 Å². The fourth-order valence-electron chi connectivity index (χ4n) is 4.55. The number of carbonyl (C=O) groups excluding carboxylic acids is 2. The molecule has 7 nitrogen and oxygen atoms in total. The summed E-state index contributed by atoms with van der Waals surface area (Å²) in [6.45, 7) is 3.62. The van der Waals surface area contributed by atoms with Gasteiger partial charge in [0.15, 0.2) is 11.5 Å². The molecule has 186 valence electrons. The Morgan fingerprint density at radius 3 is 2.42 bits per heavy atom. The molecule has 0 aliphatic carbocycles. The highest BCUT2D eigenvalue weighted by atomic mass is 32.2. The molecule has 2 aliphatic heterocycles. The molecule has 3 aromatic rings. The molecule has 1 saturated heterocycles. The highest BCUT2D eigenvalue weighted by Crippen LogP contribution is 2.38. The van der Waals surface area contributed by atoms with Crippen molar-refractivity contribution >= 4 is 29.3 Å². The van der Waals surface area contributed by atoms with Crippen LogP contribution in [0.25, 0.3) is 0 Å². The summed E-state index contributed by atoms with van der Waals surface area (Å²) in [6.07, 6.45) is 4.44. The lowest BCUT2D eigenvalue weighted by Gasteiger charge is -2.18. The van der Waals surface area contributed by atoms with E-state index in [1.165, 1.54) is 17.7 Å². The monoisotopic (exact) mass is 504 g/mol. The first-order chi connectivity index (χ1) is 17.6. The summed E-state index contributed by atoms with van der Waals surface area (Å²) in [6, 6.07) is 17.8. The van der Waals surface area contributed by atoms with E-state index >= 15 is 0 Å².